The standard InChI is InChI=1S/C15H15O/c1-2-8-13-9-6-7-12-15(13)16-14-10-4-3-5-11-14/h3-7,9-11H,2,8H2,1H3. The molecule has 0 saturated heterocycles. The fraction of sp³-hybridized carbons (Fsp3) is 0.200. The van der Waals surface area contributed by atoms with E-state index in [9.17, 15) is 0 Å². The minimum Gasteiger partial charge on any atom is -0.456 e. The van der Waals surface area contributed by atoms with E-state index in [1.165, 1.54) is 5.56 Å². The van der Waals surface area contributed by atoms with Gasteiger partial charge in [-0.25, -0.2) is 0 Å². The van der Waals surface area contributed by atoms with Crippen molar-refractivity contribution in [3.05, 3.63) is 60.2 Å². The lowest BCUT2D eigenvalue weighted by molar-refractivity contribution is 0.474. The number of aryl methyl sites for hydroxylation is 1. The molecule has 0 aliphatic carbocycles. The van der Waals surface area contributed by atoms with E-state index in [0.29, 0.717) is 0 Å². The van der Waals surface area contributed by atoms with Crippen LogP contribution in [-0.2, 0) is 6.42 Å². The Bertz CT molecular complexity index is 434. The summed E-state index contributed by atoms with van der Waals surface area (Å²) in [5.74, 6) is 1.71. The second-order valence-corrected chi connectivity index (χ2v) is 3.69. The molecule has 16 heavy (non-hydrogen) atoms. The Balaban J connectivity index is 2.21. The lowest BCUT2D eigenvalue weighted by Gasteiger charge is -2.09. The summed E-state index contributed by atoms with van der Waals surface area (Å²) in [6.45, 7) is 2.17. The first-order valence-corrected chi connectivity index (χ1v) is 5.62. The van der Waals surface area contributed by atoms with E-state index in [0.717, 1.165) is 24.3 Å². The molecular formula is C15H15O. The molecule has 0 aliphatic heterocycles. The van der Waals surface area contributed by atoms with Gasteiger partial charge >= 0.3 is 0 Å². The molecule has 2 aromatic rings. The van der Waals surface area contributed by atoms with Gasteiger partial charge in [-0.1, -0.05) is 49.7 Å². The van der Waals surface area contributed by atoms with Gasteiger partial charge in [-0.05, 0) is 24.1 Å². The van der Waals surface area contributed by atoms with E-state index in [2.05, 4.69) is 19.1 Å². The van der Waals surface area contributed by atoms with Crippen LogP contribution in [0.5, 0.6) is 11.5 Å². The van der Waals surface area contributed by atoms with Gasteiger partial charge in [-0.2, -0.15) is 0 Å². The first-order chi connectivity index (χ1) is 7.90. The van der Waals surface area contributed by atoms with Crippen LogP contribution in [0.2, 0.25) is 0 Å². The van der Waals surface area contributed by atoms with Gasteiger partial charge in [0.05, 0.1) is 0 Å². The first-order valence-electron chi connectivity index (χ1n) is 5.62. The normalized spacial score (nSPS) is 10.1. The molecule has 2 rings (SSSR count). The van der Waals surface area contributed by atoms with Crippen molar-refractivity contribution in [2.75, 3.05) is 0 Å². The summed E-state index contributed by atoms with van der Waals surface area (Å²) in [5.41, 5.74) is 1.22. The maximum atomic E-state index is 5.81. The molecular weight excluding hydrogens is 196 g/mol. The second-order valence-electron chi connectivity index (χ2n) is 3.69. The van der Waals surface area contributed by atoms with Crippen molar-refractivity contribution < 1.29 is 4.74 Å². The van der Waals surface area contributed by atoms with Gasteiger partial charge in [0.1, 0.15) is 11.5 Å². The molecule has 0 bridgehead atoms. The van der Waals surface area contributed by atoms with E-state index < -0.39 is 0 Å². The van der Waals surface area contributed by atoms with E-state index in [1.807, 2.05) is 42.5 Å². The molecule has 1 heteroatoms. The Hall–Kier alpha value is -1.76. The predicted octanol–water partition coefficient (Wildman–Crippen LogP) is 4.23. The maximum absolute atomic E-state index is 5.81. The number of para-hydroxylation sites is 2. The lowest BCUT2D eigenvalue weighted by atomic mass is 10.1. The second kappa shape index (κ2) is 5.36. The van der Waals surface area contributed by atoms with Crippen molar-refractivity contribution in [3.8, 4) is 11.5 Å². The van der Waals surface area contributed by atoms with Gasteiger partial charge in [0.15, 0.2) is 0 Å². The maximum Gasteiger partial charge on any atom is 0.138 e. The Morgan fingerprint density at radius 3 is 2.62 bits per heavy atom. The van der Waals surface area contributed by atoms with Crippen molar-refractivity contribution in [2.45, 2.75) is 19.8 Å². The highest BCUT2D eigenvalue weighted by Crippen LogP contribution is 2.25. The van der Waals surface area contributed by atoms with Gasteiger partial charge in [0.2, 0.25) is 0 Å². The lowest BCUT2D eigenvalue weighted by Crippen LogP contribution is -1.91. The van der Waals surface area contributed by atoms with Crippen molar-refractivity contribution in [2.24, 2.45) is 0 Å². The van der Waals surface area contributed by atoms with Crippen LogP contribution in [0.4, 0.5) is 0 Å². The SMILES string of the molecule is CCCc1ccc[c]c1Oc1ccccc1. The predicted molar refractivity (Wildman–Crippen MR) is 65.8 cm³/mol. The molecule has 2 aromatic carbocycles. The molecule has 0 amide bonds. The molecule has 0 N–H and O–H groups in total. The summed E-state index contributed by atoms with van der Waals surface area (Å²) in [6.07, 6.45) is 2.14. The van der Waals surface area contributed by atoms with Gasteiger partial charge in [-0.15, -0.1) is 0 Å². The summed E-state index contributed by atoms with van der Waals surface area (Å²) < 4.78 is 5.81. The van der Waals surface area contributed by atoms with Crippen LogP contribution < -0.4 is 4.74 Å². The Morgan fingerprint density at radius 1 is 1.06 bits per heavy atom. The summed E-state index contributed by atoms with van der Waals surface area (Å²) in [5, 5.41) is 0. The van der Waals surface area contributed by atoms with Gasteiger partial charge in [0, 0.05) is 6.07 Å². The highest BCUT2D eigenvalue weighted by atomic mass is 16.5. The number of benzene rings is 2. The quantitative estimate of drug-likeness (QED) is 0.735. The topological polar surface area (TPSA) is 9.23 Å². The minimum absolute atomic E-state index is 0.843. The van der Waals surface area contributed by atoms with E-state index in [-0.39, 0.29) is 0 Å². The van der Waals surface area contributed by atoms with Crippen LogP contribution in [0.1, 0.15) is 18.9 Å². The van der Waals surface area contributed by atoms with Crippen LogP contribution in [-0.4, -0.2) is 0 Å². The average molecular weight is 211 g/mol. The zero-order chi connectivity index (χ0) is 11.2. The highest BCUT2D eigenvalue weighted by molar-refractivity contribution is 5.36. The van der Waals surface area contributed by atoms with Gasteiger partial charge in [-0.3, -0.25) is 0 Å². The molecule has 0 aromatic heterocycles. The zero-order valence-corrected chi connectivity index (χ0v) is 9.44. The first kappa shape index (κ1) is 10.7. The van der Waals surface area contributed by atoms with Crippen molar-refractivity contribution in [1.82, 2.24) is 0 Å². The molecule has 81 valence electrons. The van der Waals surface area contributed by atoms with E-state index in [1.54, 1.807) is 0 Å². The largest absolute Gasteiger partial charge is 0.456 e. The minimum atomic E-state index is 0.843. The molecule has 0 spiro atoms. The van der Waals surface area contributed by atoms with Crippen LogP contribution in [0.25, 0.3) is 0 Å². The van der Waals surface area contributed by atoms with Gasteiger partial charge < -0.3 is 4.74 Å². The molecule has 0 unspecified atom stereocenters. The number of hydrogen-bond donors (Lipinski definition) is 0. The molecule has 1 radical (unpaired) electrons. The summed E-state index contributed by atoms with van der Waals surface area (Å²) in [4.78, 5) is 0. The summed E-state index contributed by atoms with van der Waals surface area (Å²) >= 11 is 0. The molecule has 0 saturated carbocycles. The Kier molecular flexibility index (Phi) is 3.60. The van der Waals surface area contributed by atoms with Gasteiger partial charge in [0.25, 0.3) is 0 Å². The van der Waals surface area contributed by atoms with E-state index >= 15 is 0 Å². The Labute approximate surface area is 96.7 Å². The number of hydrogen-bond acceptors (Lipinski definition) is 1. The summed E-state index contributed by atoms with van der Waals surface area (Å²) in [6, 6.07) is 19.0. The molecule has 0 atom stereocenters. The van der Waals surface area contributed by atoms with Crippen molar-refractivity contribution >= 4 is 0 Å². The highest BCUT2D eigenvalue weighted by Gasteiger charge is 2.03. The third-order valence-corrected chi connectivity index (χ3v) is 2.38. The van der Waals surface area contributed by atoms with E-state index in [4.69, 9.17) is 4.74 Å². The molecule has 1 nitrogen and oxygen atoms in total. The average Bonchev–Trinajstić information content (AvgIpc) is 2.33. The number of rotatable bonds is 4. The van der Waals surface area contributed by atoms with Crippen LogP contribution >= 0.6 is 0 Å². The van der Waals surface area contributed by atoms with Crippen molar-refractivity contribution in [3.63, 3.8) is 0 Å². The fourth-order valence-corrected chi connectivity index (χ4v) is 1.62. The zero-order valence-electron chi connectivity index (χ0n) is 9.44. The molecule has 0 aliphatic rings. The summed E-state index contributed by atoms with van der Waals surface area (Å²) in [7, 11) is 0. The fourth-order valence-electron chi connectivity index (χ4n) is 1.62. The molecule has 0 fully saturated rings. The monoisotopic (exact) mass is 211 g/mol. The third-order valence-electron chi connectivity index (χ3n) is 2.38. The Morgan fingerprint density at radius 2 is 1.88 bits per heavy atom. The smallest absolute Gasteiger partial charge is 0.138 e. The number of ether oxygens (including phenoxy) is 1. The van der Waals surface area contributed by atoms with Crippen molar-refractivity contribution in [1.29, 1.82) is 0 Å². The third kappa shape index (κ3) is 2.63. The van der Waals surface area contributed by atoms with Crippen LogP contribution in [0.3, 0.4) is 0 Å². The molecule has 0 heterocycles. The van der Waals surface area contributed by atoms with Crippen LogP contribution in [0, 0.1) is 6.07 Å². The van der Waals surface area contributed by atoms with Crippen LogP contribution in [0.15, 0.2) is 48.5 Å².